The lowest BCUT2D eigenvalue weighted by Gasteiger charge is -2.02. The third-order valence-electron chi connectivity index (χ3n) is 2.12. The van der Waals surface area contributed by atoms with E-state index >= 15 is 0 Å². The van der Waals surface area contributed by atoms with Crippen LogP contribution in [0.4, 0.5) is 4.79 Å². The maximum Gasteiger partial charge on any atom is 0.332 e. The molecule has 1 aromatic rings. The van der Waals surface area contributed by atoms with Crippen molar-refractivity contribution in [1.29, 1.82) is 0 Å². The molecule has 2 rings (SSSR count). The maximum atomic E-state index is 10.5. The molecule has 2 amide bonds. The highest BCUT2D eigenvalue weighted by molar-refractivity contribution is 5.99. The van der Waals surface area contributed by atoms with E-state index in [1.54, 1.807) is 19.1 Å². The van der Waals surface area contributed by atoms with Gasteiger partial charge in [0.05, 0.1) is 5.71 Å². The first-order valence-corrected chi connectivity index (χ1v) is 4.66. The van der Waals surface area contributed by atoms with Crippen LogP contribution in [0.1, 0.15) is 12.5 Å². The van der Waals surface area contributed by atoms with Crippen LogP contribution in [0.5, 0.6) is 11.5 Å². The van der Waals surface area contributed by atoms with Crippen molar-refractivity contribution >= 4 is 11.7 Å². The summed E-state index contributed by atoms with van der Waals surface area (Å²) in [4.78, 5) is 10.5. The first-order valence-electron chi connectivity index (χ1n) is 4.66. The lowest BCUT2D eigenvalue weighted by atomic mass is 10.1. The lowest BCUT2D eigenvalue weighted by Crippen LogP contribution is -2.25. The number of nitrogens with one attached hydrogen (secondary N) is 1. The summed E-state index contributed by atoms with van der Waals surface area (Å²) in [7, 11) is 0. The van der Waals surface area contributed by atoms with E-state index in [0.29, 0.717) is 17.2 Å². The summed E-state index contributed by atoms with van der Waals surface area (Å²) in [6.45, 7) is 1.99. The molecule has 0 aliphatic carbocycles. The van der Waals surface area contributed by atoms with Gasteiger partial charge < -0.3 is 15.2 Å². The molecule has 0 saturated carbocycles. The molecular weight excluding hydrogens is 210 g/mol. The monoisotopic (exact) mass is 221 g/mol. The van der Waals surface area contributed by atoms with Crippen LogP contribution < -0.4 is 20.6 Å². The van der Waals surface area contributed by atoms with Gasteiger partial charge in [0, 0.05) is 5.56 Å². The van der Waals surface area contributed by atoms with Crippen molar-refractivity contribution in [2.75, 3.05) is 6.79 Å². The van der Waals surface area contributed by atoms with Crippen LogP contribution in [0.15, 0.2) is 23.3 Å². The summed E-state index contributed by atoms with van der Waals surface area (Å²) in [5.41, 5.74) is 8.54. The molecule has 16 heavy (non-hydrogen) atoms. The average molecular weight is 221 g/mol. The van der Waals surface area contributed by atoms with Crippen molar-refractivity contribution in [2.45, 2.75) is 6.92 Å². The summed E-state index contributed by atoms with van der Waals surface area (Å²) in [5, 5.41) is 3.82. The van der Waals surface area contributed by atoms with Gasteiger partial charge in [0.1, 0.15) is 0 Å². The van der Waals surface area contributed by atoms with Crippen LogP contribution in [0.2, 0.25) is 0 Å². The average Bonchev–Trinajstić information content (AvgIpc) is 2.72. The molecule has 6 heteroatoms. The van der Waals surface area contributed by atoms with E-state index in [1.807, 2.05) is 6.07 Å². The van der Waals surface area contributed by atoms with E-state index in [0.717, 1.165) is 5.56 Å². The number of nitrogens with two attached hydrogens (primary N) is 1. The normalized spacial score (nSPS) is 13.7. The zero-order valence-electron chi connectivity index (χ0n) is 8.69. The van der Waals surface area contributed by atoms with Gasteiger partial charge in [0.25, 0.3) is 0 Å². The molecule has 1 aliphatic rings. The third kappa shape index (κ3) is 2.05. The fourth-order valence-corrected chi connectivity index (χ4v) is 1.33. The molecule has 1 aliphatic heterocycles. The zero-order chi connectivity index (χ0) is 11.5. The van der Waals surface area contributed by atoms with Crippen molar-refractivity contribution in [3.8, 4) is 11.5 Å². The minimum Gasteiger partial charge on any atom is -0.454 e. The number of urea groups is 1. The van der Waals surface area contributed by atoms with Crippen LogP contribution in [0, 0.1) is 0 Å². The fraction of sp³-hybridized carbons (Fsp3) is 0.200. The summed E-state index contributed by atoms with van der Waals surface area (Å²) in [6.07, 6.45) is 0. The number of ether oxygens (including phenoxy) is 2. The minimum absolute atomic E-state index is 0.231. The van der Waals surface area contributed by atoms with Gasteiger partial charge in [0.15, 0.2) is 11.5 Å². The van der Waals surface area contributed by atoms with Gasteiger partial charge in [-0.05, 0) is 25.1 Å². The third-order valence-corrected chi connectivity index (χ3v) is 2.12. The molecule has 0 fully saturated rings. The second-order valence-corrected chi connectivity index (χ2v) is 3.24. The Hall–Kier alpha value is -2.24. The van der Waals surface area contributed by atoms with Gasteiger partial charge in [-0.2, -0.15) is 5.10 Å². The number of primary amides is 1. The SMILES string of the molecule is C/C(=N\NC(N)=O)c1ccc2c(c1)OCO2. The van der Waals surface area contributed by atoms with Gasteiger partial charge >= 0.3 is 6.03 Å². The molecule has 0 bridgehead atoms. The van der Waals surface area contributed by atoms with E-state index in [2.05, 4.69) is 10.5 Å². The molecule has 0 aromatic heterocycles. The number of rotatable bonds is 2. The first kappa shape index (κ1) is 10.3. The standard InChI is InChI=1S/C10H11N3O3/c1-6(12-13-10(11)14)7-2-3-8-9(4-7)16-5-15-8/h2-4H,5H2,1H3,(H3,11,13,14)/b12-6+. The van der Waals surface area contributed by atoms with Crippen LogP contribution in [0.25, 0.3) is 0 Å². The van der Waals surface area contributed by atoms with Gasteiger partial charge in [0.2, 0.25) is 6.79 Å². The fourth-order valence-electron chi connectivity index (χ4n) is 1.33. The molecule has 3 N–H and O–H groups in total. The molecule has 6 nitrogen and oxygen atoms in total. The van der Waals surface area contributed by atoms with Gasteiger partial charge in [-0.3, -0.25) is 0 Å². The summed E-state index contributed by atoms with van der Waals surface area (Å²) >= 11 is 0. The van der Waals surface area contributed by atoms with E-state index < -0.39 is 6.03 Å². The van der Waals surface area contributed by atoms with Gasteiger partial charge in [-0.25, -0.2) is 10.2 Å². The van der Waals surface area contributed by atoms with Crippen molar-refractivity contribution in [3.05, 3.63) is 23.8 Å². The second-order valence-electron chi connectivity index (χ2n) is 3.24. The Bertz CT molecular complexity index is 457. The zero-order valence-corrected chi connectivity index (χ0v) is 8.69. The smallest absolute Gasteiger partial charge is 0.332 e. The molecule has 1 heterocycles. The highest BCUT2D eigenvalue weighted by Gasteiger charge is 2.13. The van der Waals surface area contributed by atoms with E-state index in [9.17, 15) is 4.79 Å². The number of amides is 2. The molecule has 1 aromatic carbocycles. The minimum atomic E-state index is -0.694. The highest BCUT2D eigenvalue weighted by atomic mass is 16.7. The molecular formula is C10H11N3O3. The number of hydrogen-bond donors (Lipinski definition) is 2. The quantitative estimate of drug-likeness (QED) is 0.572. The Morgan fingerprint density at radius 1 is 1.44 bits per heavy atom. The topological polar surface area (TPSA) is 85.9 Å². The number of hydrogen-bond acceptors (Lipinski definition) is 4. The number of hydrazone groups is 1. The highest BCUT2D eigenvalue weighted by Crippen LogP contribution is 2.32. The van der Waals surface area contributed by atoms with Crippen LogP contribution in [-0.4, -0.2) is 18.5 Å². The summed E-state index contributed by atoms with van der Waals surface area (Å²) in [6, 6.07) is 4.72. The number of fused-ring (bicyclic) bond motifs is 1. The first-order chi connectivity index (χ1) is 7.66. The van der Waals surface area contributed by atoms with Crippen molar-refractivity contribution in [2.24, 2.45) is 10.8 Å². The molecule has 0 radical (unpaired) electrons. The van der Waals surface area contributed by atoms with Crippen LogP contribution in [-0.2, 0) is 0 Å². The second kappa shape index (κ2) is 4.09. The molecule has 0 atom stereocenters. The predicted molar refractivity (Wildman–Crippen MR) is 57.5 cm³/mol. The Balaban J connectivity index is 2.21. The summed E-state index contributed by atoms with van der Waals surface area (Å²) in [5.74, 6) is 1.38. The molecule has 84 valence electrons. The van der Waals surface area contributed by atoms with E-state index in [1.165, 1.54) is 0 Å². The Morgan fingerprint density at radius 2 is 2.19 bits per heavy atom. The van der Waals surface area contributed by atoms with E-state index in [4.69, 9.17) is 15.2 Å². The lowest BCUT2D eigenvalue weighted by molar-refractivity contribution is 0.174. The number of benzene rings is 1. The van der Waals surface area contributed by atoms with Crippen molar-refractivity contribution in [3.63, 3.8) is 0 Å². The summed E-state index contributed by atoms with van der Waals surface area (Å²) < 4.78 is 10.4. The molecule has 0 unspecified atom stereocenters. The van der Waals surface area contributed by atoms with Crippen LogP contribution >= 0.6 is 0 Å². The van der Waals surface area contributed by atoms with Gasteiger partial charge in [-0.15, -0.1) is 0 Å². The maximum absolute atomic E-state index is 10.5. The molecule has 0 spiro atoms. The van der Waals surface area contributed by atoms with Crippen LogP contribution in [0.3, 0.4) is 0 Å². The largest absolute Gasteiger partial charge is 0.454 e. The van der Waals surface area contributed by atoms with E-state index in [-0.39, 0.29) is 6.79 Å². The number of nitrogens with zero attached hydrogens (tertiary/aromatic N) is 1. The van der Waals surface area contributed by atoms with Crippen molar-refractivity contribution in [1.82, 2.24) is 5.43 Å². The molecule has 0 saturated heterocycles. The predicted octanol–water partition coefficient (Wildman–Crippen LogP) is 0.808. The Labute approximate surface area is 92.0 Å². The Kier molecular flexibility index (Phi) is 2.63. The Morgan fingerprint density at radius 3 is 2.94 bits per heavy atom. The van der Waals surface area contributed by atoms with Gasteiger partial charge in [-0.1, -0.05) is 0 Å². The van der Waals surface area contributed by atoms with Crippen molar-refractivity contribution < 1.29 is 14.3 Å². The number of carbonyl (C=O) groups is 1. The number of carbonyl (C=O) groups excluding carboxylic acids is 1.